The summed E-state index contributed by atoms with van der Waals surface area (Å²) in [5.41, 5.74) is 0.925. The van der Waals surface area contributed by atoms with E-state index in [1.807, 2.05) is 18.2 Å². The highest BCUT2D eigenvalue weighted by atomic mass is 32.2. The highest BCUT2D eigenvalue weighted by molar-refractivity contribution is 7.92. The van der Waals surface area contributed by atoms with E-state index in [4.69, 9.17) is 14.2 Å². The van der Waals surface area contributed by atoms with Gasteiger partial charge in [0.15, 0.2) is 11.5 Å². The lowest BCUT2D eigenvalue weighted by molar-refractivity contribution is -0.128. The van der Waals surface area contributed by atoms with Crippen LogP contribution in [0.5, 0.6) is 17.2 Å². The molecule has 0 aliphatic carbocycles. The number of fused-ring (bicyclic) bond motifs is 1. The van der Waals surface area contributed by atoms with Crippen LogP contribution in [-0.4, -0.2) is 53.1 Å². The Bertz CT molecular complexity index is 1310. The maximum absolute atomic E-state index is 13.7. The number of sulfonamides is 1. The standard InChI is InChI=1S/C25H25FN2O6S/c1-27(16-18-5-3-4-6-22(18)32-2)25(29)17-28(20-9-7-19(26)8-10-20)35(30,31)21-11-12-23-24(15-21)34-14-13-33-23/h3-12,15H,13-14,16-17H2,1-2H3. The van der Waals surface area contributed by atoms with Crippen molar-refractivity contribution in [2.24, 2.45) is 0 Å². The fraction of sp³-hybridized carbons (Fsp3) is 0.240. The Morgan fingerprint density at radius 1 is 1.00 bits per heavy atom. The van der Waals surface area contributed by atoms with E-state index < -0.39 is 28.3 Å². The van der Waals surface area contributed by atoms with E-state index in [-0.39, 0.29) is 17.1 Å². The van der Waals surface area contributed by atoms with Gasteiger partial charge in [0.2, 0.25) is 5.91 Å². The average Bonchev–Trinajstić information content (AvgIpc) is 2.87. The van der Waals surface area contributed by atoms with Crippen LogP contribution in [0.15, 0.2) is 71.6 Å². The molecule has 1 aliphatic heterocycles. The summed E-state index contributed by atoms with van der Waals surface area (Å²) < 4.78 is 58.2. The number of hydrogen-bond donors (Lipinski definition) is 0. The molecular formula is C25H25FN2O6S. The lowest BCUT2D eigenvalue weighted by Gasteiger charge is -2.27. The molecule has 0 atom stereocenters. The van der Waals surface area contributed by atoms with Gasteiger partial charge in [-0.3, -0.25) is 9.10 Å². The predicted octanol–water partition coefficient (Wildman–Crippen LogP) is 3.46. The van der Waals surface area contributed by atoms with Crippen LogP contribution in [0.3, 0.4) is 0 Å². The molecule has 0 bridgehead atoms. The first-order valence-electron chi connectivity index (χ1n) is 10.8. The molecule has 10 heteroatoms. The molecule has 0 saturated carbocycles. The Hall–Kier alpha value is -3.79. The van der Waals surface area contributed by atoms with Gasteiger partial charge in [0.25, 0.3) is 10.0 Å². The summed E-state index contributed by atoms with van der Waals surface area (Å²) in [5.74, 6) is 0.380. The van der Waals surface area contributed by atoms with Crippen LogP contribution >= 0.6 is 0 Å². The van der Waals surface area contributed by atoms with E-state index in [0.29, 0.717) is 30.5 Å². The maximum atomic E-state index is 13.7. The van der Waals surface area contributed by atoms with Crippen molar-refractivity contribution in [3.05, 3.63) is 78.1 Å². The number of likely N-dealkylation sites (N-methyl/N-ethyl adjacent to an activating group) is 1. The van der Waals surface area contributed by atoms with Crippen LogP contribution in [0.2, 0.25) is 0 Å². The fourth-order valence-electron chi connectivity index (χ4n) is 3.65. The Kier molecular flexibility index (Phi) is 7.11. The number of nitrogens with zero attached hydrogens (tertiary/aromatic N) is 2. The van der Waals surface area contributed by atoms with Crippen molar-refractivity contribution in [1.29, 1.82) is 0 Å². The molecule has 8 nitrogen and oxygen atoms in total. The van der Waals surface area contributed by atoms with Crippen molar-refractivity contribution in [3.63, 3.8) is 0 Å². The van der Waals surface area contributed by atoms with E-state index in [2.05, 4.69) is 0 Å². The van der Waals surface area contributed by atoms with Crippen LogP contribution in [0.1, 0.15) is 5.56 Å². The second kappa shape index (κ2) is 10.2. The Morgan fingerprint density at radius 2 is 1.69 bits per heavy atom. The minimum absolute atomic E-state index is 0.0775. The second-order valence-corrected chi connectivity index (χ2v) is 9.72. The number of halogens is 1. The topological polar surface area (TPSA) is 85.4 Å². The van der Waals surface area contributed by atoms with E-state index >= 15 is 0 Å². The van der Waals surface area contributed by atoms with Gasteiger partial charge >= 0.3 is 0 Å². The Morgan fingerprint density at radius 3 is 2.40 bits per heavy atom. The predicted molar refractivity (Wildman–Crippen MR) is 128 cm³/mol. The number of para-hydroxylation sites is 1. The lowest BCUT2D eigenvalue weighted by atomic mass is 10.2. The first-order valence-corrected chi connectivity index (χ1v) is 12.3. The molecule has 0 unspecified atom stereocenters. The van der Waals surface area contributed by atoms with Gasteiger partial charge in [-0.25, -0.2) is 12.8 Å². The van der Waals surface area contributed by atoms with E-state index in [1.165, 1.54) is 42.3 Å². The zero-order valence-electron chi connectivity index (χ0n) is 19.3. The fourth-order valence-corrected chi connectivity index (χ4v) is 5.08. The number of carbonyl (C=O) groups is 1. The van der Waals surface area contributed by atoms with E-state index in [0.717, 1.165) is 22.0 Å². The monoisotopic (exact) mass is 500 g/mol. The van der Waals surface area contributed by atoms with Crippen molar-refractivity contribution in [2.45, 2.75) is 11.4 Å². The first kappa shape index (κ1) is 24.3. The Balaban J connectivity index is 1.64. The van der Waals surface area contributed by atoms with Crippen molar-refractivity contribution in [2.75, 3.05) is 38.2 Å². The molecule has 0 saturated heterocycles. The number of anilines is 1. The van der Waals surface area contributed by atoms with Gasteiger partial charge in [-0.1, -0.05) is 18.2 Å². The molecule has 1 aliphatic rings. The summed E-state index contributed by atoms with van der Waals surface area (Å²) in [7, 11) is -1.10. The summed E-state index contributed by atoms with van der Waals surface area (Å²) in [6, 6.07) is 16.4. The van der Waals surface area contributed by atoms with Gasteiger partial charge in [-0.2, -0.15) is 0 Å². The van der Waals surface area contributed by atoms with Crippen molar-refractivity contribution in [1.82, 2.24) is 4.90 Å². The average molecular weight is 501 g/mol. The third-order valence-electron chi connectivity index (χ3n) is 5.52. The summed E-state index contributed by atoms with van der Waals surface area (Å²) in [5, 5.41) is 0. The molecule has 3 aromatic carbocycles. The quantitative estimate of drug-likeness (QED) is 0.471. The SMILES string of the molecule is COc1ccccc1CN(C)C(=O)CN(c1ccc(F)cc1)S(=O)(=O)c1ccc2c(c1)OCCO2. The summed E-state index contributed by atoms with van der Waals surface area (Å²) in [6.45, 7) is 0.385. The third-order valence-corrected chi connectivity index (χ3v) is 7.29. The van der Waals surface area contributed by atoms with Crippen LogP contribution in [0, 0.1) is 5.82 Å². The molecule has 4 rings (SSSR count). The Labute approximate surface area is 203 Å². The van der Waals surface area contributed by atoms with Gasteiger partial charge in [-0.05, 0) is 42.5 Å². The maximum Gasteiger partial charge on any atom is 0.264 e. The number of ether oxygens (including phenoxy) is 3. The molecule has 1 amide bonds. The molecular weight excluding hydrogens is 475 g/mol. The number of rotatable bonds is 8. The number of methoxy groups -OCH3 is 1. The number of amides is 1. The molecule has 0 fully saturated rings. The van der Waals surface area contributed by atoms with Gasteiger partial charge in [-0.15, -0.1) is 0 Å². The minimum Gasteiger partial charge on any atom is -0.496 e. The summed E-state index contributed by atoms with van der Waals surface area (Å²) in [4.78, 5) is 14.5. The van der Waals surface area contributed by atoms with Gasteiger partial charge in [0.05, 0.1) is 17.7 Å². The van der Waals surface area contributed by atoms with E-state index in [1.54, 1.807) is 13.1 Å². The van der Waals surface area contributed by atoms with Crippen molar-refractivity contribution < 1.29 is 31.8 Å². The molecule has 184 valence electrons. The molecule has 3 aromatic rings. The normalized spacial score (nSPS) is 12.7. The highest BCUT2D eigenvalue weighted by Gasteiger charge is 2.30. The second-order valence-electron chi connectivity index (χ2n) is 7.86. The van der Waals surface area contributed by atoms with Crippen LogP contribution < -0.4 is 18.5 Å². The molecule has 0 spiro atoms. The summed E-state index contributed by atoms with van der Waals surface area (Å²) >= 11 is 0. The van der Waals surface area contributed by atoms with Crippen molar-refractivity contribution >= 4 is 21.6 Å². The van der Waals surface area contributed by atoms with Crippen molar-refractivity contribution in [3.8, 4) is 17.2 Å². The first-order chi connectivity index (χ1) is 16.8. The smallest absolute Gasteiger partial charge is 0.264 e. The van der Waals surface area contributed by atoms with Crippen LogP contribution in [0.25, 0.3) is 0 Å². The van der Waals surface area contributed by atoms with E-state index in [9.17, 15) is 17.6 Å². The molecule has 1 heterocycles. The molecule has 0 N–H and O–H groups in total. The minimum atomic E-state index is -4.21. The summed E-state index contributed by atoms with van der Waals surface area (Å²) in [6.07, 6.45) is 0. The van der Waals surface area contributed by atoms with Gasteiger partial charge in [0.1, 0.15) is 31.3 Å². The molecule has 0 aromatic heterocycles. The lowest BCUT2D eigenvalue weighted by Crippen LogP contribution is -2.41. The number of benzene rings is 3. The van der Waals surface area contributed by atoms with Gasteiger partial charge < -0.3 is 19.1 Å². The molecule has 35 heavy (non-hydrogen) atoms. The third kappa shape index (κ3) is 5.32. The molecule has 0 radical (unpaired) electrons. The number of carbonyl (C=O) groups excluding carboxylic acids is 1. The number of hydrogen-bond acceptors (Lipinski definition) is 6. The highest BCUT2D eigenvalue weighted by Crippen LogP contribution is 2.34. The van der Waals surface area contributed by atoms with Crippen LogP contribution in [0.4, 0.5) is 10.1 Å². The van der Waals surface area contributed by atoms with Crippen LogP contribution in [-0.2, 0) is 21.4 Å². The van der Waals surface area contributed by atoms with Gasteiger partial charge in [0, 0.05) is 25.2 Å². The zero-order valence-corrected chi connectivity index (χ0v) is 20.1. The zero-order chi connectivity index (χ0) is 25.0. The largest absolute Gasteiger partial charge is 0.496 e.